The van der Waals surface area contributed by atoms with Gasteiger partial charge in [-0.25, -0.2) is 4.98 Å². The first-order chi connectivity index (χ1) is 11.6. The summed E-state index contributed by atoms with van der Waals surface area (Å²) in [4.78, 5) is 18.7. The van der Waals surface area contributed by atoms with Gasteiger partial charge in [-0.15, -0.1) is 21.5 Å². The molecule has 0 spiro atoms. The third-order valence-electron chi connectivity index (χ3n) is 4.41. The molecule has 3 aromatic heterocycles. The van der Waals surface area contributed by atoms with Crippen molar-refractivity contribution < 1.29 is 4.79 Å². The van der Waals surface area contributed by atoms with Crippen LogP contribution in [0.5, 0.6) is 0 Å². The molecular weight excluding hydrogens is 324 g/mol. The number of likely N-dealkylation sites (tertiary alicyclic amines) is 1. The molecule has 0 bridgehead atoms. The highest BCUT2D eigenvalue weighted by Crippen LogP contribution is 2.27. The van der Waals surface area contributed by atoms with Crippen molar-refractivity contribution in [3.8, 4) is 0 Å². The van der Waals surface area contributed by atoms with Gasteiger partial charge in [-0.05, 0) is 38.8 Å². The second-order valence-electron chi connectivity index (χ2n) is 6.12. The normalized spacial score (nSPS) is 16.0. The molecule has 7 nitrogen and oxygen atoms in total. The number of thiazole rings is 1. The van der Waals surface area contributed by atoms with Crippen LogP contribution in [0.25, 0.3) is 5.65 Å². The Morgan fingerprint density at radius 1 is 1.21 bits per heavy atom. The molecule has 0 aromatic carbocycles. The highest BCUT2D eigenvalue weighted by molar-refractivity contribution is 7.09. The van der Waals surface area contributed by atoms with Crippen LogP contribution in [0.2, 0.25) is 0 Å². The Hall–Kier alpha value is -2.35. The Bertz CT molecular complexity index is 893. The third-order valence-corrected chi connectivity index (χ3v) is 5.18. The summed E-state index contributed by atoms with van der Waals surface area (Å²) in [7, 11) is 0. The number of amides is 1. The van der Waals surface area contributed by atoms with Gasteiger partial charge >= 0.3 is 0 Å². The molecule has 0 aliphatic carbocycles. The minimum Gasteiger partial charge on any atom is -0.337 e. The summed E-state index contributed by atoms with van der Waals surface area (Å²) in [6.07, 6.45) is 1.73. The molecule has 0 atom stereocenters. The van der Waals surface area contributed by atoms with Gasteiger partial charge in [0.1, 0.15) is 5.69 Å². The average Bonchev–Trinajstić information content (AvgIpc) is 3.20. The quantitative estimate of drug-likeness (QED) is 0.714. The van der Waals surface area contributed by atoms with Crippen molar-refractivity contribution in [2.75, 3.05) is 13.1 Å². The van der Waals surface area contributed by atoms with Crippen molar-refractivity contribution >= 4 is 22.9 Å². The number of rotatable bonds is 2. The molecule has 4 heterocycles. The number of hydrogen-bond acceptors (Lipinski definition) is 6. The lowest BCUT2D eigenvalue weighted by atomic mass is 9.96. The molecular formula is C16H18N6OS. The highest BCUT2D eigenvalue weighted by Gasteiger charge is 2.28. The van der Waals surface area contributed by atoms with E-state index in [2.05, 4.69) is 20.3 Å². The third kappa shape index (κ3) is 2.66. The lowest BCUT2D eigenvalue weighted by molar-refractivity contribution is 0.0705. The van der Waals surface area contributed by atoms with Gasteiger partial charge in [0.25, 0.3) is 5.91 Å². The molecule has 4 rings (SSSR count). The number of fused-ring (bicyclic) bond motifs is 1. The standard InChI is InChI=1S/C16H18N6OS/c1-10-3-4-14-18-19-15(22(14)20-10)12-5-7-21(8-6-12)16(23)13-9-24-11(2)17-13/h3-4,9,12H,5-8H2,1-2H3. The van der Waals surface area contributed by atoms with Crippen LogP contribution in [0.3, 0.4) is 0 Å². The van der Waals surface area contributed by atoms with Gasteiger partial charge in [0.15, 0.2) is 11.5 Å². The van der Waals surface area contributed by atoms with E-state index in [-0.39, 0.29) is 11.8 Å². The largest absolute Gasteiger partial charge is 0.337 e. The predicted octanol–water partition coefficient (Wildman–Crippen LogP) is 2.22. The van der Waals surface area contributed by atoms with E-state index in [0.29, 0.717) is 18.8 Å². The van der Waals surface area contributed by atoms with Gasteiger partial charge in [0, 0.05) is 24.4 Å². The molecule has 3 aromatic rings. The first kappa shape index (κ1) is 15.2. The van der Waals surface area contributed by atoms with E-state index in [9.17, 15) is 4.79 Å². The zero-order valence-corrected chi connectivity index (χ0v) is 14.5. The minimum atomic E-state index is 0.0258. The van der Waals surface area contributed by atoms with Gasteiger partial charge < -0.3 is 4.90 Å². The number of aromatic nitrogens is 5. The first-order valence-corrected chi connectivity index (χ1v) is 8.90. The summed E-state index contributed by atoms with van der Waals surface area (Å²) in [6.45, 7) is 5.29. The molecule has 24 heavy (non-hydrogen) atoms. The summed E-state index contributed by atoms with van der Waals surface area (Å²) >= 11 is 1.51. The first-order valence-electron chi connectivity index (χ1n) is 8.02. The van der Waals surface area contributed by atoms with Crippen LogP contribution in [0, 0.1) is 13.8 Å². The Labute approximate surface area is 143 Å². The maximum atomic E-state index is 12.5. The highest BCUT2D eigenvalue weighted by atomic mass is 32.1. The fourth-order valence-electron chi connectivity index (χ4n) is 3.12. The van der Waals surface area contributed by atoms with E-state index in [1.807, 2.05) is 40.8 Å². The summed E-state index contributed by atoms with van der Waals surface area (Å²) in [5.41, 5.74) is 2.27. The van der Waals surface area contributed by atoms with Crippen molar-refractivity contribution in [2.45, 2.75) is 32.6 Å². The molecule has 0 unspecified atom stereocenters. The molecule has 1 aliphatic rings. The van der Waals surface area contributed by atoms with Crippen LogP contribution in [-0.2, 0) is 0 Å². The fourth-order valence-corrected chi connectivity index (χ4v) is 3.70. The van der Waals surface area contributed by atoms with Gasteiger partial charge in [-0.2, -0.15) is 9.61 Å². The van der Waals surface area contributed by atoms with Crippen molar-refractivity contribution in [1.82, 2.24) is 29.7 Å². The molecule has 0 saturated carbocycles. The summed E-state index contributed by atoms with van der Waals surface area (Å²) in [5, 5.41) is 15.8. The van der Waals surface area contributed by atoms with Crippen molar-refractivity contribution in [3.05, 3.63) is 39.7 Å². The smallest absolute Gasteiger partial charge is 0.273 e. The number of nitrogens with zero attached hydrogens (tertiary/aromatic N) is 6. The summed E-state index contributed by atoms with van der Waals surface area (Å²) in [5.74, 6) is 1.19. The topological polar surface area (TPSA) is 76.3 Å². The van der Waals surface area contributed by atoms with E-state index >= 15 is 0 Å². The fraction of sp³-hybridized carbons (Fsp3) is 0.438. The SMILES string of the molecule is Cc1ccc2nnc(C3CCN(C(=O)c4csc(C)n4)CC3)n2n1. The molecule has 0 N–H and O–H groups in total. The van der Waals surface area contributed by atoms with E-state index in [1.165, 1.54) is 11.3 Å². The Morgan fingerprint density at radius 2 is 2.00 bits per heavy atom. The van der Waals surface area contributed by atoms with E-state index in [1.54, 1.807) is 0 Å². The molecule has 1 amide bonds. The van der Waals surface area contributed by atoms with Crippen LogP contribution >= 0.6 is 11.3 Å². The molecule has 1 fully saturated rings. The zero-order valence-electron chi connectivity index (χ0n) is 13.6. The Morgan fingerprint density at radius 3 is 2.71 bits per heavy atom. The second kappa shape index (κ2) is 5.94. The predicted molar refractivity (Wildman–Crippen MR) is 90.2 cm³/mol. The van der Waals surface area contributed by atoms with Gasteiger partial charge in [0.05, 0.1) is 10.7 Å². The number of carbonyl (C=O) groups is 1. The summed E-state index contributed by atoms with van der Waals surface area (Å²) < 4.78 is 1.83. The Balaban J connectivity index is 1.49. The van der Waals surface area contributed by atoms with Crippen molar-refractivity contribution in [2.24, 2.45) is 0 Å². The van der Waals surface area contributed by atoms with E-state index in [4.69, 9.17) is 0 Å². The minimum absolute atomic E-state index is 0.0258. The van der Waals surface area contributed by atoms with Crippen LogP contribution in [0.1, 0.15) is 45.8 Å². The Kier molecular flexibility index (Phi) is 3.76. The van der Waals surface area contributed by atoms with Crippen molar-refractivity contribution in [1.29, 1.82) is 0 Å². The molecule has 1 aliphatic heterocycles. The van der Waals surface area contributed by atoms with Crippen LogP contribution in [0.15, 0.2) is 17.5 Å². The second-order valence-corrected chi connectivity index (χ2v) is 7.18. The van der Waals surface area contributed by atoms with E-state index in [0.717, 1.165) is 35.0 Å². The molecule has 124 valence electrons. The lowest BCUT2D eigenvalue weighted by Gasteiger charge is -2.30. The number of hydrogen-bond donors (Lipinski definition) is 0. The van der Waals surface area contributed by atoms with Crippen LogP contribution in [-0.4, -0.2) is 48.7 Å². The zero-order chi connectivity index (χ0) is 16.7. The van der Waals surface area contributed by atoms with Crippen LogP contribution < -0.4 is 0 Å². The molecule has 0 radical (unpaired) electrons. The van der Waals surface area contributed by atoms with E-state index < -0.39 is 0 Å². The number of carbonyl (C=O) groups excluding carboxylic acids is 1. The van der Waals surface area contributed by atoms with Gasteiger partial charge in [-0.3, -0.25) is 4.79 Å². The molecule has 1 saturated heterocycles. The lowest BCUT2D eigenvalue weighted by Crippen LogP contribution is -2.38. The maximum Gasteiger partial charge on any atom is 0.273 e. The van der Waals surface area contributed by atoms with Crippen molar-refractivity contribution in [3.63, 3.8) is 0 Å². The van der Waals surface area contributed by atoms with Gasteiger partial charge in [-0.1, -0.05) is 0 Å². The maximum absolute atomic E-state index is 12.5. The number of aryl methyl sites for hydroxylation is 2. The summed E-state index contributed by atoms with van der Waals surface area (Å²) in [6, 6.07) is 3.87. The average molecular weight is 342 g/mol. The monoisotopic (exact) mass is 342 g/mol. The van der Waals surface area contributed by atoms with Crippen LogP contribution in [0.4, 0.5) is 0 Å². The van der Waals surface area contributed by atoms with Gasteiger partial charge in [0.2, 0.25) is 0 Å². The number of piperidine rings is 1. The molecule has 8 heteroatoms.